The van der Waals surface area contributed by atoms with Gasteiger partial charge in [-0.05, 0) is 13.0 Å². The Labute approximate surface area is 109 Å². The van der Waals surface area contributed by atoms with Crippen LogP contribution in [0.1, 0.15) is 12.5 Å². The number of guanidine groups is 1. The highest BCUT2D eigenvalue weighted by atomic mass is 16.1. The highest BCUT2D eigenvalue weighted by Crippen LogP contribution is 2.28. The maximum Gasteiger partial charge on any atom is 0.262 e. The summed E-state index contributed by atoms with van der Waals surface area (Å²) in [5, 5.41) is 4.93. The lowest BCUT2D eigenvalue weighted by Gasteiger charge is -2.11. The molecule has 1 aromatic heterocycles. The minimum Gasteiger partial charge on any atom is -0.368 e. The molecule has 0 radical (unpaired) electrons. The fourth-order valence-corrected chi connectivity index (χ4v) is 2.26. The second kappa shape index (κ2) is 3.94. The Morgan fingerprint density at radius 1 is 1.32 bits per heavy atom. The summed E-state index contributed by atoms with van der Waals surface area (Å²) in [5.74, 6) is 0.177. The number of pyridine rings is 1. The van der Waals surface area contributed by atoms with E-state index in [0.717, 1.165) is 10.9 Å². The van der Waals surface area contributed by atoms with E-state index in [0.29, 0.717) is 17.0 Å². The third-order valence-electron chi connectivity index (χ3n) is 3.21. The van der Waals surface area contributed by atoms with Crippen molar-refractivity contribution in [1.29, 1.82) is 0 Å². The normalized spacial score (nSPS) is 14.2. The SMILES string of the molecule is CC1=NNC(N)=Nc2c1c(=O)n(C)c1ccccc21. The molecule has 0 fully saturated rings. The zero-order valence-electron chi connectivity index (χ0n) is 10.6. The molecule has 1 aliphatic rings. The molecule has 0 amide bonds. The van der Waals surface area contributed by atoms with Crippen LogP contribution < -0.4 is 16.7 Å². The van der Waals surface area contributed by atoms with E-state index in [1.165, 1.54) is 0 Å². The van der Waals surface area contributed by atoms with Crippen LogP contribution in [-0.4, -0.2) is 16.2 Å². The average molecular weight is 255 g/mol. The van der Waals surface area contributed by atoms with Crippen molar-refractivity contribution in [3.05, 3.63) is 40.2 Å². The standard InChI is InChI=1S/C13H13N5O/c1-7-10-11(15-13(14)17-16-7)8-5-3-4-6-9(8)18(2)12(10)19/h3-6H,1-2H3,(H3,14,15,17). The molecule has 0 saturated heterocycles. The predicted molar refractivity (Wildman–Crippen MR) is 75.8 cm³/mol. The highest BCUT2D eigenvalue weighted by molar-refractivity contribution is 6.10. The van der Waals surface area contributed by atoms with Crippen molar-refractivity contribution in [2.24, 2.45) is 22.9 Å². The van der Waals surface area contributed by atoms with Gasteiger partial charge in [-0.3, -0.25) is 4.79 Å². The van der Waals surface area contributed by atoms with Crippen molar-refractivity contribution in [2.45, 2.75) is 6.92 Å². The third kappa shape index (κ3) is 1.61. The largest absolute Gasteiger partial charge is 0.368 e. The summed E-state index contributed by atoms with van der Waals surface area (Å²) in [7, 11) is 1.74. The van der Waals surface area contributed by atoms with Gasteiger partial charge in [0.15, 0.2) is 0 Å². The summed E-state index contributed by atoms with van der Waals surface area (Å²) in [6, 6.07) is 7.59. The summed E-state index contributed by atoms with van der Waals surface area (Å²) in [4.78, 5) is 16.7. The van der Waals surface area contributed by atoms with E-state index in [4.69, 9.17) is 5.73 Å². The van der Waals surface area contributed by atoms with Crippen molar-refractivity contribution in [3.8, 4) is 0 Å². The van der Waals surface area contributed by atoms with E-state index in [-0.39, 0.29) is 11.5 Å². The average Bonchev–Trinajstić information content (AvgIpc) is 2.56. The third-order valence-corrected chi connectivity index (χ3v) is 3.21. The van der Waals surface area contributed by atoms with Crippen molar-refractivity contribution in [3.63, 3.8) is 0 Å². The number of benzene rings is 1. The van der Waals surface area contributed by atoms with E-state index in [2.05, 4.69) is 15.5 Å². The summed E-state index contributed by atoms with van der Waals surface area (Å²) in [6.45, 7) is 1.76. The molecule has 2 aromatic rings. The van der Waals surface area contributed by atoms with Crippen molar-refractivity contribution < 1.29 is 0 Å². The number of hydrogen-bond acceptors (Lipinski definition) is 5. The summed E-state index contributed by atoms with van der Waals surface area (Å²) in [5.41, 5.74) is 10.6. The van der Waals surface area contributed by atoms with E-state index < -0.39 is 0 Å². The minimum atomic E-state index is -0.129. The number of aryl methyl sites for hydroxylation is 1. The summed E-state index contributed by atoms with van der Waals surface area (Å²) < 4.78 is 1.60. The molecule has 0 aliphatic carbocycles. The number of hydrogen-bond donors (Lipinski definition) is 2. The van der Waals surface area contributed by atoms with Gasteiger partial charge in [-0.25, -0.2) is 10.4 Å². The number of aromatic nitrogens is 1. The zero-order chi connectivity index (χ0) is 13.6. The molecule has 6 nitrogen and oxygen atoms in total. The van der Waals surface area contributed by atoms with Crippen LogP contribution in [0.15, 0.2) is 39.2 Å². The molecular weight excluding hydrogens is 242 g/mol. The second-order valence-corrected chi connectivity index (χ2v) is 4.41. The Hall–Kier alpha value is -2.63. The maximum absolute atomic E-state index is 12.4. The molecule has 6 heteroatoms. The molecule has 0 bridgehead atoms. The van der Waals surface area contributed by atoms with Gasteiger partial charge in [0.25, 0.3) is 5.56 Å². The monoisotopic (exact) mass is 255 g/mol. The van der Waals surface area contributed by atoms with Crippen LogP contribution in [-0.2, 0) is 7.05 Å². The zero-order valence-corrected chi connectivity index (χ0v) is 10.6. The van der Waals surface area contributed by atoms with Crippen LogP contribution in [0.25, 0.3) is 10.9 Å². The van der Waals surface area contributed by atoms with E-state index in [1.54, 1.807) is 18.5 Å². The Morgan fingerprint density at radius 2 is 2.05 bits per heavy atom. The lowest BCUT2D eigenvalue weighted by Crippen LogP contribution is -2.27. The minimum absolute atomic E-state index is 0.129. The molecule has 1 aromatic carbocycles. The fourth-order valence-electron chi connectivity index (χ4n) is 2.26. The lowest BCUT2D eigenvalue weighted by molar-refractivity contribution is 0.902. The topological polar surface area (TPSA) is 84.8 Å². The highest BCUT2D eigenvalue weighted by Gasteiger charge is 2.19. The molecule has 96 valence electrons. The smallest absolute Gasteiger partial charge is 0.262 e. The van der Waals surface area contributed by atoms with Gasteiger partial charge in [0, 0.05) is 12.4 Å². The number of nitrogens with two attached hydrogens (primary N) is 1. The maximum atomic E-state index is 12.4. The molecule has 0 unspecified atom stereocenters. The van der Waals surface area contributed by atoms with Gasteiger partial charge in [0.1, 0.15) is 0 Å². The van der Waals surface area contributed by atoms with Crippen LogP contribution >= 0.6 is 0 Å². The predicted octanol–water partition coefficient (Wildman–Crippen LogP) is 0.812. The molecule has 0 saturated carbocycles. The molecule has 19 heavy (non-hydrogen) atoms. The molecular formula is C13H13N5O. The first-order valence-corrected chi connectivity index (χ1v) is 5.86. The van der Waals surface area contributed by atoms with Gasteiger partial charge in [-0.2, -0.15) is 5.10 Å². The van der Waals surface area contributed by atoms with E-state index >= 15 is 0 Å². The van der Waals surface area contributed by atoms with Crippen molar-refractivity contribution >= 4 is 28.3 Å². The first-order chi connectivity index (χ1) is 9.09. The number of rotatable bonds is 0. The van der Waals surface area contributed by atoms with Gasteiger partial charge in [-0.1, -0.05) is 18.2 Å². The number of hydrazone groups is 1. The Morgan fingerprint density at radius 3 is 2.84 bits per heavy atom. The molecule has 0 spiro atoms. The lowest BCUT2D eigenvalue weighted by atomic mass is 10.1. The Bertz CT molecular complexity index is 801. The summed E-state index contributed by atoms with van der Waals surface area (Å²) >= 11 is 0. The van der Waals surface area contributed by atoms with Crippen LogP contribution in [0.3, 0.4) is 0 Å². The van der Waals surface area contributed by atoms with Gasteiger partial charge in [0.05, 0.1) is 22.5 Å². The Balaban J connectivity index is 2.59. The fraction of sp³-hybridized carbons (Fsp3) is 0.154. The van der Waals surface area contributed by atoms with Gasteiger partial charge >= 0.3 is 0 Å². The number of nitrogens with zero attached hydrogens (tertiary/aromatic N) is 3. The van der Waals surface area contributed by atoms with Gasteiger partial charge in [-0.15, -0.1) is 0 Å². The van der Waals surface area contributed by atoms with Gasteiger partial charge < -0.3 is 10.3 Å². The van der Waals surface area contributed by atoms with Crippen LogP contribution in [0, 0.1) is 0 Å². The van der Waals surface area contributed by atoms with Gasteiger partial charge in [0.2, 0.25) is 5.96 Å². The Kier molecular flexibility index (Phi) is 2.38. The number of para-hydroxylation sites is 1. The molecule has 0 atom stereocenters. The molecule has 3 rings (SSSR count). The van der Waals surface area contributed by atoms with Crippen molar-refractivity contribution in [1.82, 2.24) is 9.99 Å². The number of aliphatic imine (C=N–C) groups is 1. The van der Waals surface area contributed by atoms with Crippen molar-refractivity contribution in [2.75, 3.05) is 0 Å². The van der Waals surface area contributed by atoms with E-state index in [1.807, 2.05) is 24.3 Å². The van der Waals surface area contributed by atoms with Crippen LogP contribution in [0.5, 0.6) is 0 Å². The second-order valence-electron chi connectivity index (χ2n) is 4.41. The molecule has 1 aliphatic heterocycles. The van der Waals surface area contributed by atoms with E-state index in [9.17, 15) is 4.79 Å². The van der Waals surface area contributed by atoms with Crippen LogP contribution in [0.4, 0.5) is 5.69 Å². The number of nitrogens with one attached hydrogen (secondary N) is 1. The first-order valence-electron chi connectivity index (χ1n) is 5.86. The quantitative estimate of drug-likeness (QED) is 0.730. The first kappa shape index (κ1) is 11.5. The molecule has 3 N–H and O–H groups in total. The molecule has 2 heterocycles. The number of fused-ring (bicyclic) bond motifs is 3. The van der Waals surface area contributed by atoms with Crippen LogP contribution in [0.2, 0.25) is 0 Å². The summed E-state index contributed by atoms with van der Waals surface area (Å²) in [6.07, 6.45) is 0.